The predicted molar refractivity (Wildman–Crippen MR) is 82.3 cm³/mol. The maximum Gasteiger partial charge on any atom is 0.308 e. The van der Waals surface area contributed by atoms with Crippen molar-refractivity contribution in [2.24, 2.45) is 17.3 Å². The first kappa shape index (κ1) is 15.3. The van der Waals surface area contributed by atoms with Crippen LogP contribution in [0.3, 0.4) is 0 Å². The summed E-state index contributed by atoms with van der Waals surface area (Å²) in [7, 11) is 0. The summed E-state index contributed by atoms with van der Waals surface area (Å²) in [5.41, 5.74) is 4.33. The van der Waals surface area contributed by atoms with Crippen LogP contribution in [-0.4, -0.2) is 12.6 Å². The Kier molecular flexibility index (Phi) is 4.41. The molecule has 0 aromatic rings. The number of carbonyl (C=O) groups excluding carboxylic acids is 1. The maximum absolute atomic E-state index is 11.7. The first-order valence-corrected chi connectivity index (χ1v) is 7.81. The van der Waals surface area contributed by atoms with Gasteiger partial charge in [0.25, 0.3) is 0 Å². The Morgan fingerprint density at radius 1 is 1.35 bits per heavy atom. The zero-order chi connectivity index (χ0) is 14.9. The van der Waals surface area contributed by atoms with E-state index in [2.05, 4.69) is 34.3 Å². The third-order valence-corrected chi connectivity index (χ3v) is 4.56. The van der Waals surface area contributed by atoms with Gasteiger partial charge < -0.3 is 4.74 Å². The van der Waals surface area contributed by atoms with Gasteiger partial charge in [-0.25, -0.2) is 0 Å². The molecule has 20 heavy (non-hydrogen) atoms. The van der Waals surface area contributed by atoms with Crippen LogP contribution in [0, 0.1) is 17.3 Å². The van der Waals surface area contributed by atoms with Gasteiger partial charge in [-0.15, -0.1) is 0 Å². The maximum atomic E-state index is 11.7. The smallest absolute Gasteiger partial charge is 0.308 e. The first-order chi connectivity index (χ1) is 9.30. The summed E-state index contributed by atoms with van der Waals surface area (Å²) in [6.45, 7) is 13.4. The molecule has 1 atom stereocenters. The third kappa shape index (κ3) is 3.74. The van der Waals surface area contributed by atoms with Crippen LogP contribution in [0.5, 0.6) is 0 Å². The lowest BCUT2D eigenvalue weighted by Crippen LogP contribution is -2.24. The lowest BCUT2D eigenvalue weighted by Gasteiger charge is -2.28. The Balaban J connectivity index is 1.93. The van der Waals surface area contributed by atoms with Gasteiger partial charge in [0.1, 0.15) is 0 Å². The van der Waals surface area contributed by atoms with Gasteiger partial charge in [0.2, 0.25) is 0 Å². The lowest BCUT2D eigenvalue weighted by molar-refractivity contribution is -0.148. The highest BCUT2D eigenvalue weighted by atomic mass is 16.5. The van der Waals surface area contributed by atoms with E-state index < -0.39 is 0 Å². The summed E-state index contributed by atoms with van der Waals surface area (Å²) >= 11 is 0. The molecule has 2 aliphatic carbocycles. The highest BCUT2D eigenvalue weighted by Crippen LogP contribution is 2.42. The minimum absolute atomic E-state index is 0.00616. The molecule has 0 N–H and O–H groups in total. The zero-order valence-electron chi connectivity index (χ0n) is 13.4. The molecule has 0 bridgehead atoms. The molecule has 2 rings (SSSR count). The molecule has 2 heteroatoms. The van der Waals surface area contributed by atoms with Crippen molar-refractivity contribution < 1.29 is 9.53 Å². The molecule has 1 saturated carbocycles. The van der Waals surface area contributed by atoms with Gasteiger partial charge in [-0.3, -0.25) is 4.79 Å². The predicted octanol–water partition coefficient (Wildman–Crippen LogP) is 4.66. The van der Waals surface area contributed by atoms with Gasteiger partial charge in [0.15, 0.2) is 0 Å². The van der Waals surface area contributed by atoms with E-state index in [0.717, 1.165) is 19.3 Å². The van der Waals surface area contributed by atoms with Crippen molar-refractivity contribution in [2.45, 2.75) is 59.8 Å². The summed E-state index contributed by atoms with van der Waals surface area (Å²) < 4.78 is 5.49. The molecular formula is C18H28O2. The Morgan fingerprint density at radius 2 is 2.00 bits per heavy atom. The molecular weight excluding hydrogens is 248 g/mol. The van der Waals surface area contributed by atoms with E-state index in [0.29, 0.717) is 12.5 Å². The summed E-state index contributed by atoms with van der Waals surface area (Å²) in [6.07, 6.45) is 5.43. The lowest BCUT2D eigenvalue weighted by atomic mass is 9.80. The molecule has 0 radical (unpaired) electrons. The van der Waals surface area contributed by atoms with Crippen molar-refractivity contribution in [1.29, 1.82) is 0 Å². The highest BCUT2D eigenvalue weighted by Gasteiger charge is 2.34. The first-order valence-electron chi connectivity index (χ1n) is 7.81. The molecule has 1 unspecified atom stereocenters. The second kappa shape index (κ2) is 5.75. The van der Waals surface area contributed by atoms with Gasteiger partial charge in [-0.05, 0) is 46.0 Å². The SMILES string of the molecule is C=C(C)C1CCC(C)=C1CC(C)(C)COC(=O)C1CC1. The number of hydrogen-bond acceptors (Lipinski definition) is 2. The van der Waals surface area contributed by atoms with Crippen molar-refractivity contribution in [3.05, 3.63) is 23.3 Å². The summed E-state index contributed by atoms with van der Waals surface area (Å²) in [5.74, 6) is 0.737. The van der Waals surface area contributed by atoms with Crippen molar-refractivity contribution in [3.8, 4) is 0 Å². The molecule has 0 amide bonds. The quantitative estimate of drug-likeness (QED) is 0.521. The number of hydrogen-bond donors (Lipinski definition) is 0. The van der Waals surface area contributed by atoms with E-state index in [1.165, 1.54) is 29.6 Å². The minimum Gasteiger partial charge on any atom is -0.465 e. The molecule has 0 aromatic carbocycles. The monoisotopic (exact) mass is 276 g/mol. The fourth-order valence-electron chi connectivity index (χ4n) is 3.08. The van der Waals surface area contributed by atoms with Crippen molar-refractivity contribution in [2.75, 3.05) is 6.61 Å². The molecule has 2 nitrogen and oxygen atoms in total. The van der Waals surface area contributed by atoms with Crippen LogP contribution in [0.15, 0.2) is 23.3 Å². The Morgan fingerprint density at radius 3 is 2.55 bits per heavy atom. The van der Waals surface area contributed by atoms with Crippen molar-refractivity contribution in [3.63, 3.8) is 0 Å². The van der Waals surface area contributed by atoms with E-state index in [-0.39, 0.29) is 17.3 Å². The molecule has 2 aliphatic rings. The van der Waals surface area contributed by atoms with E-state index in [1.54, 1.807) is 0 Å². The van der Waals surface area contributed by atoms with E-state index in [1.807, 2.05) is 0 Å². The number of carbonyl (C=O) groups is 1. The summed E-state index contributed by atoms with van der Waals surface area (Å²) in [6, 6.07) is 0. The molecule has 0 aliphatic heterocycles. The van der Waals surface area contributed by atoms with Gasteiger partial charge in [-0.1, -0.05) is 37.1 Å². The van der Waals surface area contributed by atoms with Gasteiger partial charge >= 0.3 is 5.97 Å². The second-order valence-corrected chi connectivity index (χ2v) is 7.47. The van der Waals surface area contributed by atoms with E-state index in [4.69, 9.17) is 4.74 Å². The molecule has 1 fully saturated rings. The average molecular weight is 276 g/mol. The van der Waals surface area contributed by atoms with Crippen LogP contribution >= 0.6 is 0 Å². The largest absolute Gasteiger partial charge is 0.465 e. The van der Waals surface area contributed by atoms with Gasteiger partial charge in [0, 0.05) is 11.3 Å². The fourth-order valence-corrected chi connectivity index (χ4v) is 3.08. The Hall–Kier alpha value is -1.05. The summed E-state index contributed by atoms with van der Waals surface area (Å²) in [5, 5.41) is 0. The molecule has 0 aromatic heterocycles. The number of rotatable bonds is 6. The summed E-state index contributed by atoms with van der Waals surface area (Å²) in [4.78, 5) is 11.7. The molecule has 0 spiro atoms. The van der Waals surface area contributed by atoms with Crippen LogP contribution in [0.4, 0.5) is 0 Å². The van der Waals surface area contributed by atoms with Crippen LogP contribution in [-0.2, 0) is 9.53 Å². The van der Waals surface area contributed by atoms with Gasteiger partial charge in [-0.2, -0.15) is 0 Å². The normalized spacial score (nSPS) is 23.1. The zero-order valence-corrected chi connectivity index (χ0v) is 13.4. The second-order valence-electron chi connectivity index (χ2n) is 7.47. The van der Waals surface area contributed by atoms with Crippen LogP contribution in [0.1, 0.15) is 59.8 Å². The molecule has 0 heterocycles. The third-order valence-electron chi connectivity index (χ3n) is 4.56. The van der Waals surface area contributed by atoms with Crippen LogP contribution in [0.25, 0.3) is 0 Å². The molecule has 112 valence electrons. The number of esters is 1. The topological polar surface area (TPSA) is 26.3 Å². The van der Waals surface area contributed by atoms with Crippen LogP contribution in [0.2, 0.25) is 0 Å². The Labute approximate surface area is 123 Å². The van der Waals surface area contributed by atoms with Gasteiger partial charge in [0.05, 0.1) is 12.5 Å². The fraction of sp³-hybridized carbons (Fsp3) is 0.722. The van der Waals surface area contributed by atoms with Crippen molar-refractivity contribution >= 4 is 5.97 Å². The highest BCUT2D eigenvalue weighted by molar-refractivity contribution is 5.74. The number of ether oxygens (including phenoxy) is 1. The number of allylic oxidation sites excluding steroid dienone is 3. The standard InChI is InChI=1S/C18H28O2/c1-12(2)15-9-6-13(3)16(15)10-18(4,5)11-20-17(19)14-7-8-14/h14-15H,1,6-11H2,2-5H3. The van der Waals surface area contributed by atoms with Crippen molar-refractivity contribution in [1.82, 2.24) is 0 Å². The minimum atomic E-state index is 0.00616. The van der Waals surface area contributed by atoms with E-state index in [9.17, 15) is 4.79 Å². The average Bonchev–Trinajstić information content (AvgIpc) is 3.13. The Bertz CT molecular complexity index is 438. The van der Waals surface area contributed by atoms with E-state index >= 15 is 0 Å². The molecule has 0 saturated heterocycles. The van der Waals surface area contributed by atoms with Crippen LogP contribution < -0.4 is 0 Å².